The minimum atomic E-state index is -1.06. The van der Waals surface area contributed by atoms with Crippen LogP contribution in [0.25, 0.3) is 0 Å². The fourth-order valence-corrected chi connectivity index (χ4v) is 0.758. The maximum Gasteiger partial charge on any atom is 0.355 e. The van der Waals surface area contributed by atoms with Crippen molar-refractivity contribution in [2.75, 3.05) is 5.75 Å². The Bertz CT molecular complexity index is 348. The lowest BCUT2D eigenvalue weighted by atomic mass is 10.2. The quantitative estimate of drug-likeness (QED) is 0.435. The topological polar surface area (TPSA) is 66.0 Å². The van der Waals surface area contributed by atoms with E-state index in [1.807, 2.05) is 0 Å². The molecule has 5 heteroatoms. The number of carboxylic acids is 1. The maximum absolute atomic E-state index is 10.5. The van der Waals surface area contributed by atoms with Crippen molar-refractivity contribution in [1.82, 2.24) is 10.2 Å². The number of nitrogens with zero attached hydrogens (tertiary/aromatic N) is 1. The largest absolute Gasteiger partial charge is 0.476 e. The molecule has 0 saturated carbocycles. The van der Waals surface area contributed by atoms with Gasteiger partial charge in [-0.3, -0.25) is 5.10 Å². The number of rotatable bonds is 1. The van der Waals surface area contributed by atoms with Crippen molar-refractivity contribution in [3.63, 3.8) is 0 Å². The van der Waals surface area contributed by atoms with Crippen molar-refractivity contribution in [3.8, 4) is 11.8 Å². The molecule has 4 nitrogen and oxygen atoms in total. The van der Waals surface area contributed by atoms with Crippen LogP contribution < -0.4 is 0 Å². The number of hydrogen-bond donors (Lipinski definition) is 3. The summed E-state index contributed by atoms with van der Waals surface area (Å²) in [7, 11) is 0. The summed E-state index contributed by atoms with van der Waals surface area (Å²) < 4.78 is 0. The summed E-state index contributed by atoms with van der Waals surface area (Å²) >= 11 is 3.87. The van der Waals surface area contributed by atoms with Crippen LogP contribution in [-0.4, -0.2) is 27.0 Å². The van der Waals surface area contributed by atoms with E-state index in [4.69, 9.17) is 5.11 Å². The average molecular weight is 182 g/mol. The van der Waals surface area contributed by atoms with Crippen LogP contribution in [-0.2, 0) is 0 Å². The van der Waals surface area contributed by atoms with Gasteiger partial charge >= 0.3 is 5.97 Å². The molecule has 0 aliphatic heterocycles. The van der Waals surface area contributed by atoms with Crippen LogP contribution in [0, 0.1) is 11.8 Å². The van der Waals surface area contributed by atoms with Gasteiger partial charge in [0, 0.05) is 0 Å². The number of aromatic carboxylic acids is 1. The Balaban J connectivity index is 2.99. The van der Waals surface area contributed by atoms with Crippen molar-refractivity contribution >= 4 is 18.6 Å². The molecular formula is C7H6N2O2S. The molecule has 62 valence electrons. The van der Waals surface area contributed by atoms with Gasteiger partial charge in [-0.05, 0) is 0 Å². The van der Waals surface area contributed by atoms with Gasteiger partial charge < -0.3 is 5.11 Å². The Labute approximate surface area is 74.4 Å². The van der Waals surface area contributed by atoms with E-state index in [2.05, 4.69) is 34.7 Å². The number of carbonyl (C=O) groups is 1. The summed E-state index contributed by atoms with van der Waals surface area (Å²) in [6.07, 6.45) is 1.37. The zero-order valence-electron chi connectivity index (χ0n) is 6.03. The van der Waals surface area contributed by atoms with Crippen molar-refractivity contribution in [2.45, 2.75) is 0 Å². The first-order valence-corrected chi connectivity index (χ1v) is 3.75. The third-order valence-electron chi connectivity index (χ3n) is 1.16. The summed E-state index contributed by atoms with van der Waals surface area (Å²) in [6.45, 7) is 0. The zero-order chi connectivity index (χ0) is 8.97. The third-order valence-corrected chi connectivity index (χ3v) is 1.31. The standard InChI is InChI=1S/C7H6N2O2S/c10-7(11)6-5(2-1-3-12)4-8-9-6/h4,12H,3H2,(H,8,9)(H,10,11). The van der Waals surface area contributed by atoms with Gasteiger partial charge in [-0.25, -0.2) is 4.79 Å². The van der Waals surface area contributed by atoms with Gasteiger partial charge in [0.1, 0.15) is 0 Å². The zero-order valence-corrected chi connectivity index (χ0v) is 6.93. The second-order valence-corrected chi connectivity index (χ2v) is 2.24. The van der Waals surface area contributed by atoms with Crippen LogP contribution in [0.2, 0.25) is 0 Å². The molecule has 1 rings (SSSR count). The minimum absolute atomic E-state index is 0.0179. The summed E-state index contributed by atoms with van der Waals surface area (Å²) in [5, 5.41) is 14.5. The predicted octanol–water partition coefficient (Wildman–Crippen LogP) is 0.389. The number of hydrogen-bond acceptors (Lipinski definition) is 3. The molecule has 0 saturated heterocycles. The molecule has 1 heterocycles. The fourth-order valence-electron chi connectivity index (χ4n) is 0.679. The number of carboxylic acid groups (broad SMARTS) is 1. The van der Waals surface area contributed by atoms with Gasteiger partial charge in [0.2, 0.25) is 0 Å². The van der Waals surface area contributed by atoms with Crippen LogP contribution in [0.3, 0.4) is 0 Å². The molecule has 0 aliphatic carbocycles. The molecule has 0 radical (unpaired) electrons. The highest BCUT2D eigenvalue weighted by Gasteiger charge is 2.09. The highest BCUT2D eigenvalue weighted by atomic mass is 32.1. The first kappa shape index (κ1) is 8.68. The van der Waals surface area contributed by atoms with Crippen LogP contribution >= 0.6 is 12.6 Å². The molecule has 1 aromatic rings. The second kappa shape index (κ2) is 3.83. The number of H-pyrrole nitrogens is 1. The van der Waals surface area contributed by atoms with Crippen molar-refractivity contribution in [3.05, 3.63) is 17.5 Å². The average Bonchev–Trinajstić information content (AvgIpc) is 2.48. The molecule has 0 amide bonds. The summed E-state index contributed by atoms with van der Waals surface area (Å²) in [5.74, 6) is 4.59. The van der Waals surface area contributed by atoms with Crippen LogP contribution in [0.4, 0.5) is 0 Å². The predicted molar refractivity (Wildman–Crippen MR) is 46.3 cm³/mol. The summed E-state index contributed by atoms with van der Waals surface area (Å²) in [6, 6.07) is 0. The molecule has 0 bridgehead atoms. The molecule has 12 heavy (non-hydrogen) atoms. The van der Waals surface area contributed by atoms with Gasteiger partial charge in [0.25, 0.3) is 0 Å². The lowest BCUT2D eigenvalue weighted by Crippen LogP contribution is -1.98. The molecule has 0 atom stereocenters. The molecule has 0 unspecified atom stereocenters. The van der Waals surface area contributed by atoms with Crippen molar-refractivity contribution in [2.24, 2.45) is 0 Å². The SMILES string of the molecule is O=C(O)c1[nH]ncc1C#CCS. The van der Waals surface area contributed by atoms with Crippen LogP contribution in [0.1, 0.15) is 16.1 Å². The molecule has 0 fully saturated rings. The Kier molecular flexibility index (Phi) is 2.77. The normalized spacial score (nSPS) is 8.75. The first-order chi connectivity index (χ1) is 5.75. The monoisotopic (exact) mass is 182 g/mol. The lowest BCUT2D eigenvalue weighted by Gasteiger charge is -1.86. The van der Waals surface area contributed by atoms with E-state index in [1.54, 1.807) is 0 Å². The van der Waals surface area contributed by atoms with E-state index in [0.29, 0.717) is 11.3 Å². The molecule has 2 N–H and O–H groups in total. The van der Waals surface area contributed by atoms with Crippen LogP contribution in [0.5, 0.6) is 0 Å². The smallest absolute Gasteiger partial charge is 0.355 e. The first-order valence-electron chi connectivity index (χ1n) is 3.12. The van der Waals surface area contributed by atoms with E-state index in [1.165, 1.54) is 6.20 Å². The van der Waals surface area contributed by atoms with Crippen molar-refractivity contribution in [1.29, 1.82) is 0 Å². The van der Waals surface area contributed by atoms with E-state index >= 15 is 0 Å². The van der Waals surface area contributed by atoms with E-state index in [9.17, 15) is 4.79 Å². The minimum Gasteiger partial charge on any atom is -0.476 e. The fraction of sp³-hybridized carbons (Fsp3) is 0.143. The molecular weight excluding hydrogens is 176 g/mol. The Morgan fingerprint density at radius 3 is 3.17 bits per heavy atom. The van der Waals surface area contributed by atoms with Gasteiger partial charge in [0.05, 0.1) is 17.5 Å². The number of aromatic nitrogens is 2. The lowest BCUT2D eigenvalue weighted by molar-refractivity contribution is 0.0690. The van der Waals surface area contributed by atoms with E-state index in [-0.39, 0.29) is 5.69 Å². The van der Waals surface area contributed by atoms with Gasteiger partial charge in [-0.15, -0.1) is 0 Å². The molecule has 0 aliphatic rings. The van der Waals surface area contributed by atoms with Crippen LogP contribution in [0.15, 0.2) is 6.20 Å². The molecule has 0 spiro atoms. The third kappa shape index (κ3) is 1.80. The van der Waals surface area contributed by atoms with E-state index < -0.39 is 5.97 Å². The van der Waals surface area contributed by atoms with Gasteiger partial charge in [-0.2, -0.15) is 17.7 Å². The van der Waals surface area contributed by atoms with E-state index in [0.717, 1.165) is 0 Å². The Morgan fingerprint density at radius 2 is 2.58 bits per heavy atom. The second-order valence-electron chi connectivity index (χ2n) is 1.92. The highest BCUT2D eigenvalue weighted by molar-refractivity contribution is 7.80. The number of nitrogens with one attached hydrogen (secondary N) is 1. The molecule has 1 aromatic heterocycles. The van der Waals surface area contributed by atoms with Gasteiger partial charge in [0.15, 0.2) is 5.69 Å². The maximum atomic E-state index is 10.5. The van der Waals surface area contributed by atoms with Gasteiger partial charge in [-0.1, -0.05) is 11.8 Å². The Morgan fingerprint density at radius 1 is 1.83 bits per heavy atom. The number of aromatic amines is 1. The number of thiol groups is 1. The summed E-state index contributed by atoms with van der Waals surface area (Å²) in [5.41, 5.74) is 0.404. The highest BCUT2D eigenvalue weighted by Crippen LogP contribution is 2.01. The molecule has 0 aromatic carbocycles. The summed E-state index contributed by atoms with van der Waals surface area (Å²) in [4.78, 5) is 10.5. The Hall–Kier alpha value is -1.41. The van der Waals surface area contributed by atoms with Crippen molar-refractivity contribution < 1.29 is 9.90 Å².